The highest BCUT2D eigenvalue weighted by molar-refractivity contribution is 9.11. The molecule has 2 aromatic carbocycles. The molecule has 0 heterocycles. The number of benzene rings is 2. The summed E-state index contributed by atoms with van der Waals surface area (Å²) in [7, 11) is 0. The van der Waals surface area contributed by atoms with Crippen molar-refractivity contribution in [1.82, 2.24) is 5.32 Å². The molecule has 4 nitrogen and oxygen atoms in total. The zero-order valence-corrected chi connectivity index (χ0v) is 17.6. The summed E-state index contributed by atoms with van der Waals surface area (Å²) in [5, 5.41) is 3.58. The standard InChI is InChI=1S/C20H22Br2N2O2/c21-15-10-14(19(23)18(22)11-15)12-24-16-6-8-17(9-7-16)26-20(25)13-4-2-1-3-5-13/h1-5,10-11,16-17,24H,6-9,12,23H2. The molecule has 1 aliphatic rings. The lowest BCUT2D eigenvalue weighted by atomic mass is 9.92. The van der Waals surface area contributed by atoms with Gasteiger partial charge in [0.05, 0.1) is 11.3 Å². The lowest BCUT2D eigenvalue weighted by molar-refractivity contribution is 0.0185. The minimum absolute atomic E-state index is 0.00541. The molecular weight excluding hydrogens is 460 g/mol. The zero-order valence-electron chi connectivity index (χ0n) is 14.4. The van der Waals surface area contributed by atoms with E-state index in [0.717, 1.165) is 52.4 Å². The van der Waals surface area contributed by atoms with E-state index >= 15 is 0 Å². The number of nitrogens with two attached hydrogens (primary N) is 1. The molecule has 3 N–H and O–H groups in total. The molecule has 0 aromatic heterocycles. The van der Waals surface area contributed by atoms with Crippen molar-refractivity contribution < 1.29 is 9.53 Å². The molecule has 0 radical (unpaired) electrons. The number of hydrogen-bond acceptors (Lipinski definition) is 4. The summed E-state index contributed by atoms with van der Waals surface area (Å²) in [4.78, 5) is 12.1. The monoisotopic (exact) mass is 480 g/mol. The van der Waals surface area contributed by atoms with E-state index in [4.69, 9.17) is 10.5 Å². The fourth-order valence-electron chi connectivity index (χ4n) is 3.22. The van der Waals surface area contributed by atoms with Gasteiger partial charge in [-0.2, -0.15) is 0 Å². The Kier molecular flexibility index (Phi) is 6.73. The number of carbonyl (C=O) groups is 1. The van der Waals surface area contributed by atoms with Crippen LogP contribution in [0.2, 0.25) is 0 Å². The van der Waals surface area contributed by atoms with Crippen molar-refractivity contribution in [3.05, 3.63) is 62.5 Å². The molecule has 26 heavy (non-hydrogen) atoms. The van der Waals surface area contributed by atoms with E-state index in [9.17, 15) is 4.79 Å². The summed E-state index contributed by atoms with van der Waals surface area (Å²) in [5.41, 5.74) is 8.59. The van der Waals surface area contributed by atoms with E-state index in [1.165, 1.54) is 0 Å². The number of halogens is 2. The molecule has 138 valence electrons. The molecule has 1 fully saturated rings. The number of nitrogen functional groups attached to an aromatic ring is 1. The second kappa shape index (κ2) is 9.02. The second-order valence-corrected chi connectivity index (χ2v) is 8.36. The Morgan fingerprint density at radius 2 is 1.81 bits per heavy atom. The first kappa shape index (κ1) is 19.4. The molecule has 0 amide bonds. The van der Waals surface area contributed by atoms with E-state index in [0.29, 0.717) is 11.6 Å². The number of ether oxygens (including phenoxy) is 1. The third kappa shape index (κ3) is 5.09. The van der Waals surface area contributed by atoms with E-state index in [-0.39, 0.29) is 12.1 Å². The van der Waals surface area contributed by atoms with Crippen molar-refractivity contribution in [3.63, 3.8) is 0 Å². The van der Waals surface area contributed by atoms with Gasteiger partial charge in [-0.05, 0) is 71.4 Å². The Labute approximate surface area is 170 Å². The molecule has 1 saturated carbocycles. The predicted molar refractivity (Wildman–Crippen MR) is 111 cm³/mol. The van der Waals surface area contributed by atoms with Gasteiger partial charge in [-0.15, -0.1) is 0 Å². The molecule has 2 aromatic rings. The van der Waals surface area contributed by atoms with Crippen LogP contribution in [0.3, 0.4) is 0 Å². The van der Waals surface area contributed by atoms with Crippen LogP contribution in [0, 0.1) is 0 Å². The van der Waals surface area contributed by atoms with Gasteiger partial charge in [0.15, 0.2) is 0 Å². The smallest absolute Gasteiger partial charge is 0.338 e. The fourth-order valence-corrected chi connectivity index (χ4v) is 4.53. The van der Waals surface area contributed by atoms with Crippen LogP contribution in [-0.4, -0.2) is 18.1 Å². The summed E-state index contributed by atoms with van der Waals surface area (Å²) < 4.78 is 7.55. The van der Waals surface area contributed by atoms with Crippen LogP contribution in [0.4, 0.5) is 5.69 Å². The Hall–Kier alpha value is -1.37. The highest BCUT2D eigenvalue weighted by atomic mass is 79.9. The van der Waals surface area contributed by atoms with Crippen LogP contribution in [0.15, 0.2) is 51.4 Å². The quantitative estimate of drug-likeness (QED) is 0.463. The molecular formula is C20H22Br2N2O2. The number of rotatable bonds is 5. The molecule has 0 aliphatic heterocycles. The largest absolute Gasteiger partial charge is 0.459 e. The SMILES string of the molecule is Nc1c(Br)cc(Br)cc1CNC1CCC(OC(=O)c2ccccc2)CC1. The number of anilines is 1. The zero-order chi connectivity index (χ0) is 18.5. The van der Waals surface area contributed by atoms with E-state index in [2.05, 4.69) is 37.2 Å². The molecule has 0 unspecified atom stereocenters. The van der Waals surface area contributed by atoms with Crippen molar-refractivity contribution in [1.29, 1.82) is 0 Å². The Morgan fingerprint density at radius 3 is 2.50 bits per heavy atom. The Morgan fingerprint density at radius 1 is 1.12 bits per heavy atom. The minimum atomic E-state index is -0.228. The van der Waals surface area contributed by atoms with Crippen LogP contribution >= 0.6 is 31.9 Å². The van der Waals surface area contributed by atoms with Gasteiger partial charge >= 0.3 is 5.97 Å². The topological polar surface area (TPSA) is 64.3 Å². The van der Waals surface area contributed by atoms with Gasteiger partial charge in [0.1, 0.15) is 6.10 Å². The van der Waals surface area contributed by atoms with Crippen LogP contribution < -0.4 is 11.1 Å². The molecule has 0 atom stereocenters. The average Bonchev–Trinajstić information content (AvgIpc) is 2.65. The van der Waals surface area contributed by atoms with Crippen LogP contribution in [-0.2, 0) is 11.3 Å². The van der Waals surface area contributed by atoms with Gasteiger partial charge in [0.2, 0.25) is 0 Å². The van der Waals surface area contributed by atoms with Crippen molar-refractivity contribution in [2.75, 3.05) is 5.73 Å². The first-order valence-corrected chi connectivity index (χ1v) is 10.3. The van der Waals surface area contributed by atoms with Crippen molar-refractivity contribution in [3.8, 4) is 0 Å². The van der Waals surface area contributed by atoms with E-state index in [1.54, 1.807) is 12.1 Å². The average molecular weight is 482 g/mol. The predicted octanol–water partition coefficient (Wildman–Crippen LogP) is 5.05. The molecule has 1 aliphatic carbocycles. The number of nitrogens with one attached hydrogen (secondary N) is 1. The van der Waals surface area contributed by atoms with Crippen LogP contribution in [0.5, 0.6) is 0 Å². The summed E-state index contributed by atoms with van der Waals surface area (Å²) in [6.45, 7) is 0.725. The van der Waals surface area contributed by atoms with Crippen LogP contribution in [0.25, 0.3) is 0 Å². The molecule has 0 bridgehead atoms. The van der Waals surface area contributed by atoms with E-state index < -0.39 is 0 Å². The number of carbonyl (C=O) groups excluding carboxylic acids is 1. The normalized spacial score (nSPS) is 19.9. The molecule has 6 heteroatoms. The van der Waals surface area contributed by atoms with Gasteiger partial charge in [0, 0.05) is 21.5 Å². The van der Waals surface area contributed by atoms with Crippen molar-refractivity contribution in [2.45, 2.75) is 44.4 Å². The van der Waals surface area contributed by atoms with E-state index in [1.807, 2.05) is 30.3 Å². The second-order valence-electron chi connectivity index (χ2n) is 6.59. The lowest BCUT2D eigenvalue weighted by Gasteiger charge is -2.29. The summed E-state index contributed by atoms with van der Waals surface area (Å²) in [6, 6.07) is 13.6. The Balaban J connectivity index is 1.46. The fraction of sp³-hybridized carbons (Fsp3) is 0.350. The minimum Gasteiger partial charge on any atom is -0.459 e. The molecule has 3 rings (SSSR count). The summed E-state index contributed by atoms with van der Waals surface area (Å²) in [5.74, 6) is -0.228. The maximum Gasteiger partial charge on any atom is 0.338 e. The molecule has 0 spiro atoms. The lowest BCUT2D eigenvalue weighted by Crippen LogP contribution is -2.35. The van der Waals surface area contributed by atoms with Gasteiger partial charge in [-0.1, -0.05) is 34.1 Å². The maximum absolute atomic E-state index is 12.1. The van der Waals surface area contributed by atoms with Crippen molar-refractivity contribution >= 4 is 43.5 Å². The highest BCUT2D eigenvalue weighted by Gasteiger charge is 2.24. The summed E-state index contributed by atoms with van der Waals surface area (Å²) >= 11 is 6.98. The first-order valence-electron chi connectivity index (χ1n) is 8.75. The van der Waals surface area contributed by atoms with Gasteiger partial charge in [0.25, 0.3) is 0 Å². The summed E-state index contributed by atoms with van der Waals surface area (Å²) in [6.07, 6.45) is 3.75. The number of hydrogen-bond donors (Lipinski definition) is 2. The molecule has 0 saturated heterocycles. The van der Waals surface area contributed by atoms with Gasteiger partial charge in [-0.3, -0.25) is 0 Å². The van der Waals surface area contributed by atoms with Crippen molar-refractivity contribution in [2.24, 2.45) is 0 Å². The third-order valence-corrected chi connectivity index (χ3v) is 5.83. The number of esters is 1. The van der Waals surface area contributed by atoms with Gasteiger partial charge in [-0.25, -0.2) is 4.79 Å². The maximum atomic E-state index is 12.1. The third-order valence-electron chi connectivity index (χ3n) is 4.72. The van der Waals surface area contributed by atoms with Crippen LogP contribution in [0.1, 0.15) is 41.6 Å². The Bertz CT molecular complexity index is 760. The highest BCUT2D eigenvalue weighted by Crippen LogP contribution is 2.29. The first-order chi connectivity index (χ1) is 12.5. The van der Waals surface area contributed by atoms with Gasteiger partial charge < -0.3 is 15.8 Å².